The molecule has 3 rings (SSSR count). The van der Waals surface area contributed by atoms with Gasteiger partial charge in [-0.15, -0.1) is 0 Å². The molecule has 0 saturated carbocycles. The molecule has 0 radical (unpaired) electrons. The molecule has 1 heterocycles. The lowest BCUT2D eigenvalue weighted by Gasteiger charge is -2.24. The summed E-state index contributed by atoms with van der Waals surface area (Å²) in [6.07, 6.45) is 0.597. The SMILES string of the molecule is CC1Oc2cc(CN(C)CCc3ccccc3)ccc2NC1=O. The standard InChI is InChI=1S/C19H22N2O2/c1-14-19(22)20-17-9-8-16(12-18(17)23-14)13-21(2)11-10-15-6-4-3-5-7-15/h3-9,12,14H,10-11,13H2,1-2H3,(H,20,22). The van der Waals surface area contributed by atoms with Crippen LogP contribution in [0, 0.1) is 0 Å². The van der Waals surface area contributed by atoms with Gasteiger partial charge < -0.3 is 15.0 Å². The zero-order valence-corrected chi connectivity index (χ0v) is 13.6. The lowest BCUT2D eigenvalue weighted by Crippen LogP contribution is -2.34. The molecule has 0 spiro atoms. The first kappa shape index (κ1) is 15.6. The lowest BCUT2D eigenvalue weighted by atomic mass is 10.1. The highest BCUT2D eigenvalue weighted by molar-refractivity contribution is 5.97. The number of fused-ring (bicyclic) bond motifs is 1. The average Bonchev–Trinajstić information content (AvgIpc) is 2.55. The van der Waals surface area contributed by atoms with Crippen molar-refractivity contribution in [3.8, 4) is 5.75 Å². The van der Waals surface area contributed by atoms with Crippen LogP contribution in [0.2, 0.25) is 0 Å². The summed E-state index contributed by atoms with van der Waals surface area (Å²) in [5, 5.41) is 2.86. The van der Waals surface area contributed by atoms with E-state index >= 15 is 0 Å². The lowest BCUT2D eigenvalue weighted by molar-refractivity contribution is -0.122. The molecule has 0 fully saturated rings. The van der Waals surface area contributed by atoms with Gasteiger partial charge in [0.25, 0.3) is 5.91 Å². The first-order valence-electron chi connectivity index (χ1n) is 7.95. The van der Waals surface area contributed by atoms with Crippen molar-refractivity contribution < 1.29 is 9.53 Å². The summed E-state index contributed by atoms with van der Waals surface area (Å²) < 4.78 is 5.67. The second-order valence-electron chi connectivity index (χ2n) is 6.05. The van der Waals surface area contributed by atoms with E-state index < -0.39 is 6.10 Å². The van der Waals surface area contributed by atoms with E-state index in [0.29, 0.717) is 0 Å². The molecule has 0 aliphatic carbocycles. The monoisotopic (exact) mass is 310 g/mol. The van der Waals surface area contributed by atoms with Crippen LogP contribution in [0.15, 0.2) is 48.5 Å². The number of nitrogens with zero attached hydrogens (tertiary/aromatic N) is 1. The smallest absolute Gasteiger partial charge is 0.265 e. The number of carbonyl (C=O) groups excluding carboxylic acids is 1. The summed E-state index contributed by atoms with van der Waals surface area (Å²) in [6, 6.07) is 16.5. The molecule has 2 aromatic carbocycles. The Kier molecular flexibility index (Phi) is 4.63. The summed E-state index contributed by atoms with van der Waals surface area (Å²) in [5.74, 6) is 0.663. The number of hydrogen-bond donors (Lipinski definition) is 1. The Labute approximate surface area is 137 Å². The van der Waals surface area contributed by atoms with E-state index in [0.717, 1.165) is 30.9 Å². The summed E-state index contributed by atoms with van der Waals surface area (Å²) in [6.45, 7) is 3.61. The van der Waals surface area contributed by atoms with Crippen LogP contribution in [-0.4, -0.2) is 30.5 Å². The zero-order valence-electron chi connectivity index (χ0n) is 13.6. The average molecular weight is 310 g/mol. The van der Waals surface area contributed by atoms with E-state index in [2.05, 4.69) is 41.5 Å². The minimum atomic E-state index is -0.437. The maximum Gasteiger partial charge on any atom is 0.265 e. The van der Waals surface area contributed by atoms with Crippen LogP contribution in [0.1, 0.15) is 18.1 Å². The van der Waals surface area contributed by atoms with Crippen molar-refractivity contribution in [3.63, 3.8) is 0 Å². The molecule has 1 aliphatic rings. The highest BCUT2D eigenvalue weighted by atomic mass is 16.5. The fourth-order valence-electron chi connectivity index (χ4n) is 2.70. The predicted octanol–water partition coefficient (Wildman–Crippen LogP) is 3.08. The van der Waals surface area contributed by atoms with Gasteiger partial charge in [-0.2, -0.15) is 0 Å². The highest BCUT2D eigenvalue weighted by Crippen LogP contribution is 2.30. The number of amides is 1. The maximum absolute atomic E-state index is 11.6. The molecule has 0 aromatic heterocycles. The van der Waals surface area contributed by atoms with Crippen molar-refractivity contribution in [1.29, 1.82) is 0 Å². The van der Waals surface area contributed by atoms with Crippen LogP contribution in [0.3, 0.4) is 0 Å². The van der Waals surface area contributed by atoms with Gasteiger partial charge in [-0.1, -0.05) is 36.4 Å². The molecule has 2 aromatic rings. The Bertz CT molecular complexity index is 685. The number of carbonyl (C=O) groups is 1. The van der Waals surface area contributed by atoms with Crippen molar-refractivity contribution in [2.24, 2.45) is 0 Å². The van der Waals surface area contributed by atoms with Crippen LogP contribution in [0.4, 0.5) is 5.69 Å². The Morgan fingerprint density at radius 2 is 1.91 bits per heavy atom. The van der Waals surface area contributed by atoms with Crippen LogP contribution in [0.5, 0.6) is 5.75 Å². The Morgan fingerprint density at radius 3 is 2.70 bits per heavy atom. The highest BCUT2D eigenvalue weighted by Gasteiger charge is 2.23. The van der Waals surface area contributed by atoms with Gasteiger partial charge in [0, 0.05) is 13.1 Å². The molecular formula is C19H22N2O2. The molecule has 0 saturated heterocycles. The van der Waals surface area contributed by atoms with Gasteiger partial charge in [-0.05, 0) is 43.7 Å². The van der Waals surface area contributed by atoms with Crippen molar-refractivity contribution in [1.82, 2.24) is 4.90 Å². The van der Waals surface area contributed by atoms with Crippen molar-refractivity contribution in [2.45, 2.75) is 26.0 Å². The van der Waals surface area contributed by atoms with Gasteiger partial charge in [0.15, 0.2) is 6.10 Å². The predicted molar refractivity (Wildman–Crippen MR) is 91.6 cm³/mol. The quantitative estimate of drug-likeness (QED) is 0.923. The van der Waals surface area contributed by atoms with Crippen LogP contribution in [-0.2, 0) is 17.8 Å². The number of ether oxygens (including phenoxy) is 1. The molecule has 1 N–H and O–H groups in total. The Hall–Kier alpha value is -2.33. The van der Waals surface area contributed by atoms with Gasteiger partial charge in [0.2, 0.25) is 0 Å². The molecule has 23 heavy (non-hydrogen) atoms. The molecule has 4 nitrogen and oxygen atoms in total. The van der Waals surface area contributed by atoms with Crippen LogP contribution in [0.25, 0.3) is 0 Å². The summed E-state index contributed by atoms with van der Waals surface area (Å²) in [5.41, 5.74) is 3.29. The minimum Gasteiger partial charge on any atom is -0.479 e. The number of rotatable bonds is 5. The fraction of sp³-hybridized carbons (Fsp3) is 0.316. The molecule has 1 atom stereocenters. The Morgan fingerprint density at radius 1 is 1.13 bits per heavy atom. The molecule has 120 valence electrons. The first-order valence-corrected chi connectivity index (χ1v) is 7.95. The van der Waals surface area contributed by atoms with Gasteiger partial charge >= 0.3 is 0 Å². The van der Waals surface area contributed by atoms with Gasteiger partial charge in [0.05, 0.1) is 5.69 Å². The van der Waals surface area contributed by atoms with E-state index in [4.69, 9.17) is 4.74 Å². The van der Waals surface area contributed by atoms with Gasteiger partial charge in [-0.25, -0.2) is 0 Å². The molecule has 1 aliphatic heterocycles. The third-order valence-electron chi connectivity index (χ3n) is 4.05. The van der Waals surface area contributed by atoms with Crippen LogP contribution < -0.4 is 10.1 Å². The number of hydrogen-bond acceptors (Lipinski definition) is 3. The normalized spacial score (nSPS) is 16.7. The summed E-state index contributed by atoms with van der Waals surface area (Å²) >= 11 is 0. The fourth-order valence-corrected chi connectivity index (χ4v) is 2.70. The zero-order chi connectivity index (χ0) is 16.2. The van der Waals surface area contributed by atoms with Gasteiger partial charge in [0.1, 0.15) is 5.75 Å². The van der Waals surface area contributed by atoms with E-state index in [-0.39, 0.29) is 5.91 Å². The van der Waals surface area contributed by atoms with Gasteiger partial charge in [-0.3, -0.25) is 4.79 Å². The summed E-state index contributed by atoms with van der Waals surface area (Å²) in [7, 11) is 2.12. The van der Waals surface area contributed by atoms with Crippen molar-refractivity contribution >= 4 is 11.6 Å². The number of benzene rings is 2. The molecule has 0 bridgehead atoms. The summed E-state index contributed by atoms with van der Waals surface area (Å²) in [4.78, 5) is 13.9. The second-order valence-corrected chi connectivity index (χ2v) is 6.05. The van der Waals surface area contributed by atoms with Crippen molar-refractivity contribution in [3.05, 3.63) is 59.7 Å². The third kappa shape index (κ3) is 3.90. The number of likely N-dealkylation sites (N-methyl/N-ethyl adjacent to an activating group) is 1. The molecule has 4 heteroatoms. The van der Waals surface area contributed by atoms with E-state index in [1.807, 2.05) is 24.3 Å². The maximum atomic E-state index is 11.6. The van der Waals surface area contributed by atoms with E-state index in [1.165, 1.54) is 11.1 Å². The topological polar surface area (TPSA) is 41.6 Å². The van der Waals surface area contributed by atoms with Crippen LogP contribution >= 0.6 is 0 Å². The first-order chi connectivity index (χ1) is 11.1. The molecule has 1 amide bonds. The number of nitrogens with one attached hydrogen (secondary N) is 1. The number of anilines is 1. The minimum absolute atomic E-state index is 0.0924. The van der Waals surface area contributed by atoms with E-state index in [1.54, 1.807) is 6.92 Å². The molecular weight excluding hydrogens is 288 g/mol. The van der Waals surface area contributed by atoms with Crippen molar-refractivity contribution in [2.75, 3.05) is 18.9 Å². The van der Waals surface area contributed by atoms with E-state index in [9.17, 15) is 4.79 Å². The third-order valence-corrected chi connectivity index (χ3v) is 4.05. The largest absolute Gasteiger partial charge is 0.479 e. The molecule has 1 unspecified atom stereocenters. The Balaban J connectivity index is 1.60. The second kappa shape index (κ2) is 6.84.